The second-order valence-corrected chi connectivity index (χ2v) is 3.57. The summed E-state index contributed by atoms with van der Waals surface area (Å²) in [5.74, 6) is 0.0702. The molecule has 1 fully saturated rings. The molecule has 0 bridgehead atoms. The molecule has 0 aliphatic heterocycles. The van der Waals surface area contributed by atoms with Crippen LogP contribution in [0.25, 0.3) is 0 Å². The van der Waals surface area contributed by atoms with Gasteiger partial charge in [0.25, 0.3) is 0 Å². The Bertz CT molecular complexity index is 167. The van der Waals surface area contributed by atoms with E-state index in [1.54, 1.807) is 0 Å². The third kappa shape index (κ3) is 1.97. The summed E-state index contributed by atoms with van der Waals surface area (Å²) >= 11 is 0. The van der Waals surface area contributed by atoms with E-state index < -0.39 is 0 Å². The molecule has 1 N–H and O–H groups in total. The first kappa shape index (κ1) is 9.52. The van der Waals surface area contributed by atoms with Crippen molar-refractivity contribution in [1.29, 1.82) is 0 Å². The second kappa shape index (κ2) is 3.90. The molecular weight excluding hydrogens is 156 g/mol. The van der Waals surface area contributed by atoms with Gasteiger partial charge in [0.05, 0.1) is 19.1 Å². The fourth-order valence-corrected chi connectivity index (χ4v) is 1.78. The Morgan fingerprint density at radius 1 is 1.50 bits per heavy atom. The first-order chi connectivity index (χ1) is 5.65. The molecule has 0 aromatic carbocycles. The monoisotopic (exact) mass is 172 g/mol. The summed E-state index contributed by atoms with van der Waals surface area (Å²) in [6, 6.07) is 0. The highest BCUT2D eigenvalue weighted by Gasteiger charge is 2.32. The maximum absolute atomic E-state index is 11.2. The normalized spacial score (nSPS) is 36.1. The molecule has 0 aromatic heterocycles. The molecule has 0 spiro atoms. The first-order valence-electron chi connectivity index (χ1n) is 4.41. The number of carbonyl (C=O) groups excluding carboxylic acids is 1. The fraction of sp³-hybridized carbons (Fsp3) is 0.889. The van der Waals surface area contributed by atoms with Crippen LogP contribution >= 0.6 is 0 Å². The minimum atomic E-state index is -0.315. The van der Waals surface area contributed by atoms with Crippen LogP contribution in [0.4, 0.5) is 0 Å². The highest BCUT2D eigenvalue weighted by molar-refractivity contribution is 5.72. The Kier molecular flexibility index (Phi) is 3.09. The van der Waals surface area contributed by atoms with Crippen molar-refractivity contribution in [1.82, 2.24) is 0 Å². The van der Waals surface area contributed by atoms with Crippen molar-refractivity contribution in [3.05, 3.63) is 0 Å². The molecule has 0 radical (unpaired) electrons. The topological polar surface area (TPSA) is 46.5 Å². The summed E-state index contributed by atoms with van der Waals surface area (Å²) in [6.07, 6.45) is 1.98. The van der Waals surface area contributed by atoms with E-state index in [1.807, 2.05) is 6.92 Å². The van der Waals surface area contributed by atoms with Crippen molar-refractivity contribution >= 4 is 5.97 Å². The average molecular weight is 172 g/mol. The molecule has 12 heavy (non-hydrogen) atoms. The summed E-state index contributed by atoms with van der Waals surface area (Å²) in [6.45, 7) is 2.04. The van der Waals surface area contributed by atoms with Gasteiger partial charge in [-0.3, -0.25) is 4.79 Å². The van der Waals surface area contributed by atoms with Crippen molar-refractivity contribution in [2.45, 2.75) is 32.3 Å². The molecule has 1 saturated carbocycles. The lowest BCUT2D eigenvalue weighted by atomic mass is 9.79. The molecule has 0 saturated heterocycles. The van der Waals surface area contributed by atoms with Gasteiger partial charge in [0.15, 0.2) is 0 Å². The Balaban J connectivity index is 2.54. The highest BCUT2D eigenvalue weighted by atomic mass is 16.5. The number of ether oxygens (including phenoxy) is 1. The van der Waals surface area contributed by atoms with Gasteiger partial charge in [-0.1, -0.05) is 6.92 Å². The van der Waals surface area contributed by atoms with Crippen LogP contribution in [0, 0.1) is 11.8 Å². The van der Waals surface area contributed by atoms with Gasteiger partial charge in [-0.05, 0) is 25.2 Å². The summed E-state index contributed by atoms with van der Waals surface area (Å²) in [5.41, 5.74) is 0. The average Bonchev–Trinajstić information content (AvgIpc) is 2.08. The van der Waals surface area contributed by atoms with Crippen LogP contribution < -0.4 is 0 Å². The van der Waals surface area contributed by atoms with E-state index in [2.05, 4.69) is 4.74 Å². The molecule has 1 rings (SSSR count). The van der Waals surface area contributed by atoms with E-state index >= 15 is 0 Å². The van der Waals surface area contributed by atoms with E-state index in [1.165, 1.54) is 7.11 Å². The number of carbonyl (C=O) groups is 1. The predicted octanol–water partition coefficient (Wildman–Crippen LogP) is 0.956. The third-order valence-electron chi connectivity index (χ3n) is 2.67. The van der Waals surface area contributed by atoms with Crippen molar-refractivity contribution < 1.29 is 14.6 Å². The highest BCUT2D eigenvalue weighted by Crippen LogP contribution is 2.30. The summed E-state index contributed by atoms with van der Waals surface area (Å²) in [4.78, 5) is 11.2. The van der Waals surface area contributed by atoms with Crippen molar-refractivity contribution in [2.75, 3.05) is 7.11 Å². The number of rotatable bonds is 1. The lowest BCUT2D eigenvalue weighted by molar-refractivity contribution is -0.150. The molecule has 3 nitrogen and oxygen atoms in total. The maximum Gasteiger partial charge on any atom is 0.309 e. The SMILES string of the molecule is COC(=O)C1CC(O)CCC1C. The molecule has 3 atom stereocenters. The van der Waals surface area contributed by atoms with Gasteiger partial charge in [0.1, 0.15) is 0 Å². The van der Waals surface area contributed by atoms with Gasteiger partial charge >= 0.3 is 5.97 Å². The van der Waals surface area contributed by atoms with E-state index in [0.29, 0.717) is 12.3 Å². The molecule has 0 heterocycles. The molecule has 0 amide bonds. The van der Waals surface area contributed by atoms with Gasteiger partial charge in [-0.2, -0.15) is 0 Å². The largest absolute Gasteiger partial charge is 0.469 e. The second-order valence-electron chi connectivity index (χ2n) is 3.57. The Morgan fingerprint density at radius 3 is 2.75 bits per heavy atom. The smallest absolute Gasteiger partial charge is 0.309 e. The molecular formula is C9H16O3. The van der Waals surface area contributed by atoms with Gasteiger partial charge < -0.3 is 9.84 Å². The molecule has 0 aromatic rings. The lowest BCUT2D eigenvalue weighted by Crippen LogP contribution is -2.32. The van der Waals surface area contributed by atoms with E-state index in [9.17, 15) is 9.90 Å². The van der Waals surface area contributed by atoms with Crippen molar-refractivity contribution in [3.8, 4) is 0 Å². The number of methoxy groups -OCH3 is 1. The quantitative estimate of drug-likeness (QED) is 0.599. The Hall–Kier alpha value is -0.570. The van der Waals surface area contributed by atoms with Crippen molar-refractivity contribution in [3.63, 3.8) is 0 Å². The van der Waals surface area contributed by atoms with Crippen molar-refractivity contribution in [2.24, 2.45) is 11.8 Å². The van der Waals surface area contributed by atoms with Crippen LogP contribution in [0.1, 0.15) is 26.2 Å². The number of esters is 1. The van der Waals surface area contributed by atoms with E-state index in [-0.39, 0.29) is 18.0 Å². The predicted molar refractivity (Wildman–Crippen MR) is 44.5 cm³/mol. The minimum absolute atomic E-state index is 0.0984. The van der Waals surface area contributed by atoms with Gasteiger partial charge in [-0.25, -0.2) is 0 Å². The Labute approximate surface area is 72.7 Å². The van der Waals surface area contributed by atoms with E-state index in [4.69, 9.17) is 0 Å². The third-order valence-corrected chi connectivity index (χ3v) is 2.67. The van der Waals surface area contributed by atoms with Crippen LogP contribution in [-0.2, 0) is 9.53 Å². The number of aliphatic hydroxyl groups excluding tert-OH is 1. The molecule has 70 valence electrons. The number of hydrogen-bond acceptors (Lipinski definition) is 3. The maximum atomic E-state index is 11.2. The van der Waals surface area contributed by atoms with Crippen LogP contribution in [0.3, 0.4) is 0 Å². The van der Waals surface area contributed by atoms with Crippen LogP contribution in [0.5, 0.6) is 0 Å². The Morgan fingerprint density at radius 2 is 2.17 bits per heavy atom. The number of aliphatic hydroxyl groups is 1. The summed E-state index contributed by atoms with van der Waals surface area (Å²) < 4.78 is 4.66. The number of hydrogen-bond donors (Lipinski definition) is 1. The zero-order chi connectivity index (χ0) is 9.14. The molecule has 3 unspecified atom stereocenters. The molecule has 1 aliphatic rings. The molecule has 1 aliphatic carbocycles. The van der Waals surface area contributed by atoms with Crippen LogP contribution in [-0.4, -0.2) is 24.3 Å². The van der Waals surface area contributed by atoms with Crippen LogP contribution in [0.15, 0.2) is 0 Å². The lowest BCUT2D eigenvalue weighted by Gasteiger charge is -2.29. The minimum Gasteiger partial charge on any atom is -0.469 e. The first-order valence-corrected chi connectivity index (χ1v) is 4.41. The fourth-order valence-electron chi connectivity index (χ4n) is 1.78. The zero-order valence-electron chi connectivity index (χ0n) is 7.62. The molecule has 3 heteroatoms. The summed E-state index contributed by atoms with van der Waals surface area (Å²) in [5, 5.41) is 9.33. The van der Waals surface area contributed by atoms with Gasteiger partial charge in [-0.15, -0.1) is 0 Å². The van der Waals surface area contributed by atoms with Crippen LogP contribution in [0.2, 0.25) is 0 Å². The standard InChI is InChI=1S/C9H16O3/c1-6-3-4-7(10)5-8(6)9(11)12-2/h6-8,10H,3-5H2,1-2H3. The van der Waals surface area contributed by atoms with Gasteiger partial charge in [0, 0.05) is 0 Å². The zero-order valence-corrected chi connectivity index (χ0v) is 7.62. The summed E-state index contributed by atoms with van der Waals surface area (Å²) in [7, 11) is 1.40. The van der Waals surface area contributed by atoms with Gasteiger partial charge in [0.2, 0.25) is 0 Å². The van der Waals surface area contributed by atoms with E-state index in [0.717, 1.165) is 12.8 Å².